The lowest BCUT2D eigenvalue weighted by molar-refractivity contribution is 0.935. The summed E-state index contributed by atoms with van der Waals surface area (Å²) in [5.41, 5.74) is 5.73. The number of aryl methyl sites for hydroxylation is 3. The van der Waals surface area contributed by atoms with E-state index in [2.05, 4.69) is 46.8 Å². The third kappa shape index (κ3) is 2.58. The highest BCUT2D eigenvalue weighted by Gasteiger charge is 2.05. The molecule has 0 saturated heterocycles. The molecule has 0 aromatic heterocycles. The Morgan fingerprint density at radius 1 is 1.00 bits per heavy atom. The molecule has 1 rings (SSSR count). The van der Waals surface area contributed by atoms with Crippen LogP contribution in [-0.2, 0) is 6.42 Å². The average Bonchev–Trinajstić information content (AvgIpc) is 1.96. The molecule has 71 valence electrons. The van der Waals surface area contributed by atoms with Crippen LogP contribution in [0, 0.1) is 26.7 Å². The van der Waals surface area contributed by atoms with E-state index in [0.717, 1.165) is 6.42 Å². The van der Waals surface area contributed by atoms with E-state index in [9.17, 15) is 0 Å². The summed E-state index contributed by atoms with van der Waals surface area (Å²) in [7, 11) is 0. The Bertz CT molecular complexity index is 272. The molecule has 0 nitrogen and oxygen atoms in total. The van der Waals surface area contributed by atoms with Crippen LogP contribution >= 0.6 is 0 Å². The summed E-state index contributed by atoms with van der Waals surface area (Å²) in [5.74, 6) is 1.48. The molecule has 0 fully saturated rings. The molecular weight excluding hydrogens is 156 g/mol. The van der Waals surface area contributed by atoms with Gasteiger partial charge in [-0.3, -0.25) is 0 Å². The Kier molecular flexibility index (Phi) is 3.13. The number of hydrogen-bond acceptors (Lipinski definition) is 0. The summed E-state index contributed by atoms with van der Waals surface area (Å²) in [6, 6.07) is 4.54. The lowest BCUT2D eigenvalue weighted by atomic mass is 9.93. The van der Waals surface area contributed by atoms with Crippen LogP contribution in [0.1, 0.15) is 36.1 Å². The standard InChI is InChI=1S/C13H19/c1-9(2)6-13-11(4)7-10(3)8-12(13)5/h7-8H,6H2,1-5H3. The van der Waals surface area contributed by atoms with Crippen molar-refractivity contribution in [3.05, 3.63) is 40.3 Å². The van der Waals surface area contributed by atoms with Gasteiger partial charge in [0.1, 0.15) is 0 Å². The van der Waals surface area contributed by atoms with Gasteiger partial charge in [-0.1, -0.05) is 31.5 Å². The van der Waals surface area contributed by atoms with E-state index in [-0.39, 0.29) is 0 Å². The van der Waals surface area contributed by atoms with Gasteiger partial charge < -0.3 is 0 Å². The fourth-order valence-corrected chi connectivity index (χ4v) is 1.84. The summed E-state index contributed by atoms with van der Waals surface area (Å²) in [6.45, 7) is 11.0. The van der Waals surface area contributed by atoms with Gasteiger partial charge in [-0.15, -0.1) is 0 Å². The van der Waals surface area contributed by atoms with Crippen molar-refractivity contribution in [3.63, 3.8) is 0 Å². The average molecular weight is 175 g/mol. The van der Waals surface area contributed by atoms with E-state index in [0.29, 0.717) is 0 Å². The zero-order valence-electron chi connectivity index (χ0n) is 9.36. The Hall–Kier alpha value is -0.780. The van der Waals surface area contributed by atoms with E-state index in [4.69, 9.17) is 0 Å². The van der Waals surface area contributed by atoms with Gasteiger partial charge in [-0.25, -0.2) is 0 Å². The van der Waals surface area contributed by atoms with E-state index in [1.807, 2.05) is 0 Å². The number of hydrogen-bond donors (Lipinski definition) is 0. The fraction of sp³-hybridized carbons (Fsp3) is 0.462. The normalized spacial score (nSPS) is 10.9. The van der Waals surface area contributed by atoms with Crippen LogP contribution < -0.4 is 0 Å². The third-order valence-electron chi connectivity index (χ3n) is 2.37. The second kappa shape index (κ2) is 3.95. The molecule has 1 aromatic rings. The summed E-state index contributed by atoms with van der Waals surface area (Å²) in [4.78, 5) is 0. The van der Waals surface area contributed by atoms with Crippen molar-refractivity contribution in [1.82, 2.24) is 0 Å². The van der Waals surface area contributed by atoms with Crippen LogP contribution in [-0.4, -0.2) is 0 Å². The predicted molar refractivity (Wildman–Crippen MR) is 58.9 cm³/mol. The van der Waals surface area contributed by atoms with Crippen LogP contribution in [0.2, 0.25) is 0 Å². The molecule has 1 aromatic carbocycles. The molecule has 0 atom stereocenters. The summed E-state index contributed by atoms with van der Waals surface area (Å²) >= 11 is 0. The zero-order valence-corrected chi connectivity index (χ0v) is 9.36. The predicted octanol–water partition coefficient (Wildman–Crippen LogP) is 3.77. The van der Waals surface area contributed by atoms with Gasteiger partial charge in [0.2, 0.25) is 0 Å². The molecule has 0 aliphatic carbocycles. The van der Waals surface area contributed by atoms with Crippen LogP contribution in [0.15, 0.2) is 12.1 Å². The molecule has 0 aliphatic heterocycles. The maximum atomic E-state index is 2.27. The molecule has 1 radical (unpaired) electrons. The van der Waals surface area contributed by atoms with Crippen molar-refractivity contribution in [3.8, 4) is 0 Å². The first-order chi connectivity index (χ1) is 6.00. The number of benzene rings is 1. The van der Waals surface area contributed by atoms with E-state index < -0.39 is 0 Å². The molecule has 0 aliphatic rings. The van der Waals surface area contributed by atoms with Gasteiger partial charge in [-0.05, 0) is 49.8 Å². The third-order valence-corrected chi connectivity index (χ3v) is 2.37. The minimum Gasteiger partial charge on any atom is -0.0591 e. The molecular formula is C13H19. The van der Waals surface area contributed by atoms with Crippen LogP contribution in [0.4, 0.5) is 0 Å². The molecule has 0 heterocycles. The minimum atomic E-state index is 1.12. The van der Waals surface area contributed by atoms with Gasteiger partial charge in [0.05, 0.1) is 0 Å². The lowest BCUT2D eigenvalue weighted by Crippen LogP contribution is -1.99. The summed E-state index contributed by atoms with van der Waals surface area (Å²) in [6.07, 6.45) is 1.12. The van der Waals surface area contributed by atoms with Gasteiger partial charge in [0.15, 0.2) is 0 Å². The Labute approximate surface area is 82.0 Å². The van der Waals surface area contributed by atoms with Crippen LogP contribution in [0.25, 0.3) is 0 Å². The maximum absolute atomic E-state index is 2.27. The van der Waals surface area contributed by atoms with Crippen molar-refractivity contribution in [1.29, 1.82) is 0 Å². The summed E-state index contributed by atoms with van der Waals surface area (Å²) in [5, 5.41) is 0. The SMILES string of the molecule is C[C](C)Cc1c(C)cc(C)cc1C. The monoisotopic (exact) mass is 175 g/mol. The molecule has 0 bridgehead atoms. The highest BCUT2D eigenvalue weighted by Crippen LogP contribution is 2.20. The molecule has 0 saturated carbocycles. The van der Waals surface area contributed by atoms with Gasteiger partial charge in [0.25, 0.3) is 0 Å². The van der Waals surface area contributed by atoms with Crippen LogP contribution in [0.3, 0.4) is 0 Å². The molecule has 0 amide bonds. The molecule has 13 heavy (non-hydrogen) atoms. The number of rotatable bonds is 2. The maximum Gasteiger partial charge on any atom is -0.0217 e. The molecule has 0 heteroatoms. The topological polar surface area (TPSA) is 0 Å². The van der Waals surface area contributed by atoms with Crippen molar-refractivity contribution in [2.24, 2.45) is 0 Å². The quantitative estimate of drug-likeness (QED) is 0.642. The van der Waals surface area contributed by atoms with Crippen molar-refractivity contribution >= 4 is 0 Å². The van der Waals surface area contributed by atoms with E-state index >= 15 is 0 Å². The fourth-order valence-electron chi connectivity index (χ4n) is 1.84. The molecule has 0 N–H and O–H groups in total. The van der Waals surface area contributed by atoms with Gasteiger partial charge in [0, 0.05) is 0 Å². The second-order valence-corrected chi connectivity index (χ2v) is 4.26. The van der Waals surface area contributed by atoms with Crippen molar-refractivity contribution < 1.29 is 0 Å². The molecule has 0 spiro atoms. The second-order valence-electron chi connectivity index (χ2n) is 4.26. The first-order valence-corrected chi connectivity index (χ1v) is 4.86. The Balaban J connectivity index is 3.06. The summed E-state index contributed by atoms with van der Waals surface area (Å²) < 4.78 is 0. The van der Waals surface area contributed by atoms with Crippen molar-refractivity contribution in [2.75, 3.05) is 0 Å². The first-order valence-electron chi connectivity index (χ1n) is 4.86. The Morgan fingerprint density at radius 2 is 1.46 bits per heavy atom. The van der Waals surface area contributed by atoms with E-state index in [1.54, 1.807) is 0 Å². The highest BCUT2D eigenvalue weighted by atomic mass is 14.1. The molecule has 0 unspecified atom stereocenters. The minimum absolute atomic E-state index is 1.12. The Morgan fingerprint density at radius 3 is 1.85 bits per heavy atom. The van der Waals surface area contributed by atoms with E-state index in [1.165, 1.54) is 28.2 Å². The lowest BCUT2D eigenvalue weighted by Gasteiger charge is -2.12. The van der Waals surface area contributed by atoms with Crippen LogP contribution in [0.5, 0.6) is 0 Å². The highest BCUT2D eigenvalue weighted by molar-refractivity contribution is 5.38. The zero-order chi connectivity index (χ0) is 10.0. The smallest absolute Gasteiger partial charge is 0.0217 e. The first kappa shape index (κ1) is 10.3. The van der Waals surface area contributed by atoms with Crippen molar-refractivity contribution in [2.45, 2.75) is 41.0 Å². The largest absolute Gasteiger partial charge is 0.0591 e. The van der Waals surface area contributed by atoms with Gasteiger partial charge in [-0.2, -0.15) is 0 Å². The van der Waals surface area contributed by atoms with Gasteiger partial charge >= 0.3 is 0 Å².